The number of anilines is 1. The van der Waals surface area contributed by atoms with Crippen molar-refractivity contribution in [2.24, 2.45) is 5.92 Å². The van der Waals surface area contributed by atoms with Crippen molar-refractivity contribution in [3.05, 3.63) is 81.5 Å². The highest BCUT2D eigenvalue weighted by Gasteiger charge is 2.36. The Bertz CT molecular complexity index is 1350. The van der Waals surface area contributed by atoms with Gasteiger partial charge in [0, 0.05) is 11.8 Å². The minimum absolute atomic E-state index is 0.00996. The standard InChI is InChI=1S/C26H22ClF3N2O5/c1-13-10-20(32(36)12-18(13)22-21(37-26(29)30)9-8-19(27)23(22)28)17(11-14-2-3-14)24(33)31-16-6-4-15(5-7-16)25(34)35/h4-10,12,14,17,26H,2-3,11H2,1H3,(H,31,33)(H,34,35)/t17-/m0/s1. The fourth-order valence-electron chi connectivity index (χ4n) is 4.13. The molecule has 7 nitrogen and oxygen atoms in total. The Kier molecular flexibility index (Phi) is 7.58. The summed E-state index contributed by atoms with van der Waals surface area (Å²) in [7, 11) is 0. The van der Waals surface area contributed by atoms with Crippen molar-refractivity contribution in [3.8, 4) is 16.9 Å². The van der Waals surface area contributed by atoms with E-state index in [1.54, 1.807) is 6.92 Å². The monoisotopic (exact) mass is 534 g/mol. The van der Waals surface area contributed by atoms with Gasteiger partial charge in [-0.1, -0.05) is 24.4 Å². The second-order valence-corrected chi connectivity index (χ2v) is 9.24. The zero-order chi connectivity index (χ0) is 26.9. The molecule has 1 atom stereocenters. The van der Waals surface area contributed by atoms with E-state index in [4.69, 9.17) is 16.7 Å². The molecule has 0 radical (unpaired) electrons. The van der Waals surface area contributed by atoms with Crippen molar-refractivity contribution >= 4 is 29.2 Å². The molecule has 2 N–H and O–H groups in total. The summed E-state index contributed by atoms with van der Waals surface area (Å²) in [6.07, 6.45) is 3.24. The van der Waals surface area contributed by atoms with E-state index in [1.165, 1.54) is 30.3 Å². The van der Waals surface area contributed by atoms with E-state index in [0.717, 1.165) is 31.2 Å². The molecular formula is C26H22ClF3N2O5. The SMILES string of the molecule is Cc1cc([C@H](CC2CC2)C(=O)Nc2ccc(C(=O)O)cc2)[n+]([O-])cc1-c1c(OC(F)F)ccc(Cl)c1F. The highest BCUT2D eigenvalue weighted by molar-refractivity contribution is 6.31. The van der Waals surface area contributed by atoms with E-state index in [-0.39, 0.29) is 33.3 Å². The number of carboxylic acid groups (broad SMARTS) is 1. The molecule has 1 aliphatic rings. The molecule has 1 aromatic heterocycles. The molecule has 1 amide bonds. The number of benzene rings is 2. The molecular weight excluding hydrogens is 513 g/mol. The number of aryl methyl sites for hydroxylation is 1. The van der Waals surface area contributed by atoms with Crippen LogP contribution in [0.15, 0.2) is 48.7 Å². The maximum absolute atomic E-state index is 14.9. The average molecular weight is 535 g/mol. The van der Waals surface area contributed by atoms with Crippen LogP contribution in [-0.2, 0) is 4.79 Å². The van der Waals surface area contributed by atoms with Gasteiger partial charge in [-0.05, 0) is 61.2 Å². The number of ether oxygens (including phenoxy) is 1. The lowest BCUT2D eigenvalue weighted by atomic mass is 9.93. The highest BCUT2D eigenvalue weighted by Crippen LogP contribution is 2.41. The molecule has 1 fully saturated rings. The van der Waals surface area contributed by atoms with E-state index in [0.29, 0.717) is 22.4 Å². The highest BCUT2D eigenvalue weighted by atomic mass is 35.5. The number of halogens is 4. The van der Waals surface area contributed by atoms with Gasteiger partial charge < -0.3 is 20.4 Å². The summed E-state index contributed by atoms with van der Waals surface area (Å²) in [6.45, 7) is -1.67. The van der Waals surface area contributed by atoms with E-state index in [1.807, 2.05) is 0 Å². The predicted molar refractivity (Wildman–Crippen MR) is 129 cm³/mol. The molecule has 1 saturated carbocycles. The molecule has 0 saturated heterocycles. The summed E-state index contributed by atoms with van der Waals surface area (Å²) < 4.78 is 45.7. The van der Waals surface area contributed by atoms with Gasteiger partial charge in [0.1, 0.15) is 11.7 Å². The third kappa shape index (κ3) is 5.96. The molecule has 37 heavy (non-hydrogen) atoms. The number of carbonyl (C=O) groups excluding carboxylic acids is 1. The molecule has 1 aliphatic carbocycles. The van der Waals surface area contributed by atoms with E-state index >= 15 is 0 Å². The lowest BCUT2D eigenvalue weighted by molar-refractivity contribution is -0.614. The number of nitrogens with one attached hydrogen (secondary N) is 1. The number of carboxylic acids is 1. The van der Waals surface area contributed by atoms with Crippen molar-refractivity contribution in [1.82, 2.24) is 0 Å². The van der Waals surface area contributed by atoms with Crippen LogP contribution in [0.2, 0.25) is 5.02 Å². The third-order valence-corrected chi connectivity index (χ3v) is 6.46. The number of aromatic nitrogens is 1. The van der Waals surface area contributed by atoms with Gasteiger partial charge >= 0.3 is 12.6 Å². The normalized spacial score (nSPS) is 13.9. The van der Waals surface area contributed by atoms with Crippen LogP contribution >= 0.6 is 11.6 Å². The molecule has 0 bridgehead atoms. The quantitative estimate of drug-likeness (QED) is 0.262. The van der Waals surface area contributed by atoms with Gasteiger partial charge in [0.25, 0.3) is 0 Å². The number of alkyl halides is 2. The molecule has 11 heteroatoms. The molecule has 1 heterocycles. The lowest BCUT2D eigenvalue weighted by Crippen LogP contribution is -2.38. The van der Waals surface area contributed by atoms with Crippen LogP contribution in [0.4, 0.5) is 18.9 Å². The zero-order valence-corrected chi connectivity index (χ0v) is 20.3. The summed E-state index contributed by atoms with van der Waals surface area (Å²) >= 11 is 5.87. The molecule has 0 spiro atoms. The van der Waals surface area contributed by atoms with Crippen LogP contribution in [0.3, 0.4) is 0 Å². The fraction of sp³-hybridized carbons (Fsp3) is 0.269. The second kappa shape index (κ2) is 10.7. The fourth-order valence-corrected chi connectivity index (χ4v) is 4.28. The predicted octanol–water partition coefficient (Wildman–Crippen LogP) is 5.91. The summed E-state index contributed by atoms with van der Waals surface area (Å²) in [6, 6.07) is 9.18. The van der Waals surface area contributed by atoms with Gasteiger partial charge in [-0.2, -0.15) is 13.5 Å². The van der Waals surface area contributed by atoms with E-state index in [9.17, 15) is 28.0 Å². The Morgan fingerprint density at radius 1 is 1.22 bits per heavy atom. The van der Waals surface area contributed by atoms with Crippen molar-refractivity contribution in [2.75, 3.05) is 5.32 Å². The van der Waals surface area contributed by atoms with E-state index in [2.05, 4.69) is 10.1 Å². The molecule has 0 unspecified atom stereocenters. The number of hydrogen-bond acceptors (Lipinski definition) is 4. The first-order valence-electron chi connectivity index (χ1n) is 11.4. The maximum Gasteiger partial charge on any atom is 0.387 e. The molecule has 0 aliphatic heterocycles. The maximum atomic E-state index is 14.9. The summed E-state index contributed by atoms with van der Waals surface area (Å²) in [5.74, 6) is -3.69. The Balaban J connectivity index is 1.70. The van der Waals surface area contributed by atoms with Gasteiger partial charge in [0.15, 0.2) is 12.0 Å². The number of rotatable bonds is 9. The number of carbonyl (C=O) groups is 2. The number of amides is 1. The zero-order valence-electron chi connectivity index (χ0n) is 19.5. The number of hydrogen-bond donors (Lipinski definition) is 2. The lowest BCUT2D eigenvalue weighted by Gasteiger charge is -2.19. The van der Waals surface area contributed by atoms with Crippen LogP contribution in [-0.4, -0.2) is 23.6 Å². The van der Waals surface area contributed by atoms with E-state index < -0.39 is 36.0 Å². The van der Waals surface area contributed by atoms with Gasteiger partial charge in [-0.15, -0.1) is 0 Å². The van der Waals surface area contributed by atoms with Crippen molar-refractivity contribution in [3.63, 3.8) is 0 Å². The second-order valence-electron chi connectivity index (χ2n) is 8.84. The molecule has 4 rings (SSSR count). The molecule has 3 aromatic rings. The topological polar surface area (TPSA) is 103 Å². The Morgan fingerprint density at radius 3 is 2.49 bits per heavy atom. The van der Waals surface area contributed by atoms with Crippen LogP contribution in [0.25, 0.3) is 11.1 Å². The summed E-state index contributed by atoms with van der Waals surface area (Å²) in [5, 5.41) is 24.6. The first-order chi connectivity index (χ1) is 17.5. The Hall–Kier alpha value is -3.79. The first-order valence-corrected chi connectivity index (χ1v) is 11.7. The summed E-state index contributed by atoms with van der Waals surface area (Å²) in [5.41, 5.74) is 0.469. The Morgan fingerprint density at radius 2 is 1.89 bits per heavy atom. The van der Waals surface area contributed by atoms with Crippen LogP contribution < -0.4 is 14.8 Å². The minimum atomic E-state index is -3.23. The third-order valence-electron chi connectivity index (χ3n) is 6.17. The number of pyridine rings is 1. The number of aromatic carboxylic acids is 1. The first kappa shape index (κ1) is 26.3. The van der Waals surface area contributed by atoms with Crippen molar-refractivity contribution < 1.29 is 37.3 Å². The summed E-state index contributed by atoms with van der Waals surface area (Å²) in [4.78, 5) is 24.3. The average Bonchev–Trinajstić information content (AvgIpc) is 3.66. The van der Waals surface area contributed by atoms with Gasteiger partial charge in [0.2, 0.25) is 11.6 Å². The van der Waals surface area contributed by atoms with Gasteiger partial charge in [0.05, 0.1) is 21.7 Å². The van der Waals surface area contributed by atoms with Gasteiger partial charge in [-0.25, -0.2) is 9.18 Å². The largest absolute Gasteiger partial charge is 0.618 e. The van der Waals surface area contributed by atoms with Crippen LogP contribution in [0.5, 0.6) is 5.75 Å². The molecule has 194 valence electrons. The minimum Gasteiger partial charge on any atom is -0.618 e. The van der Waals surface area contributed by atoms with Crippen molar-refractivity contribution in [2.45, 2.75) is 38.7 Å². The number of nitrogens with zero attached hydrogens (tertiary/aromatic N) is 1. The van der Waals surface area contributed by atoms with Crippen molar-refractivity contribution in [1.29, 1.82) is 0 Å². The molecule has 2 aromatic carbocycles. The smallest absolute Gasteiger partial charge is 0.387 e. The Labute approximate surface area is 215 Å². The van der Waals surface area contributed by atoms with Gasteiger partial charge in [-0.3, -0.25) is 4.79 Å². The van der Waals surface area contributed by atoms with Crippen LogP contribution in [0, 0.1) is 23.9 Å². The van der Waals surface area contributed by atoms with Crippen LogP contribution in [0.1, 0.15) is 46.8 Å².